The van der Waals surface area contributed by atoms with Crippen molar-refractivity contribution in [3.05, 3.63) is 35.9 Å². The van der Waals surface area contributed by atoms with E-state index in [0.29, 0.717) is 30.8 Å². The molecule has 0 fully saturated rings. The molecule has 218 valence electrons. The van der Waals surface area contributed by atoms with Crippen LogP contribution in [0.5, 0.6) is 0 Å². The highest BCUT2D eigenvalue weighted by Crippen LogP contribution is 2.08. The molecule has 3 amide bonds. The Morgan fingerprint density at radius 1 is 0.846 bits per heavy atom. The summed E-state index contributed by atoms with van der Waals surface area (Å²) in [5.41, 5.74) is 17.3. The predicted molar refractivity (Wildman–Crippen MR) is 157 cm³/mol. The van der Waals surface area contributed by atoms with Gasteiger partial charge in [0.1, 0.15) is 18.1 Å². The van der Waals surface area contributed by atoms with Crippen molar-refractivity contribution < 1.29 is 24.3 Å². The quantitative estimate of drug-likeness (QED) is 0.0638. The van der Waals surface area contributed by atoms with Crippen molar-refractivity contribution in [1.82, 2.24) is 16.0 Å². The number of nitrogens with zero attached hydrogens (tertiary/aromatic N) is 1. The molecule has 10 N–H and O–H groups in total. The molecule has 39 heavy (non-hydrogen) atoms. The number of nitrogens with one attached hydrogen (secondary N) is 3. The molecule has 0 aromatic heterocycles. The summed E-state index contributed by atoms with van der Waals surface area (Å²) in [5.74, 6) is -1.69. The lowest BCUT2D eigenvalue weighted by Gasteiger charge is -2.25. The molecule has 14 heteroatoms. The first-order chi connectivity index (χ1) is 18.6. The fourth-order valence-corrected chi connectivity index (χ4v) is 4.48. The van der Waals surface area contributed by atoms with Gasteiger partial charge in [-0.15, -0.1) is 0 Å². The number of benzene rings is 1. The van der Waals surface area contributed by atoms with Crippen LogP contribution in [-0.4, -0.2) is 89.5 Å². The van der Waals surface area contributed by atoms with E-state index in [9.17, 15) is 24.3 Å². The van der Waals surface area contributed by atoms with E-state index in [4.69, 9.17) is 17.2 Å². The number of hydrogen-bond donors (Lipinski definition) is 7. The average molecular weight is 584 g/mol. The zero-order valence-electron chi connectivity index (χ0n) is 22.4. The lowest BCUT2D eigenvalue weighted by molar-refractivity contribution is -0.142. The minimum atomic E-state index is -1.22. The van der Waals surface area contributed by atoms with Crippen molar-refractivity contribution >= 4 is 53.2 Å². The van der Waals surface area contributed by atoms with Gasteiger partial charge in [0, 0.05) is 13.0 Å². The van der Waals surface area contributed by atoms with Crippen molar-refractivity contribution in [2.75, 3.05) is 30.6 Å². The lowest BCUT2D eigenvalue weighted by atomic mass is 10.0. The van der Waals surface area contributed by atoms with E-state index in [0.717, 1.165) is 5.56 Å². The second-order valence-electron chi connectivity index (χ2n) is 8.83. The number of carbonyl (C=O) groups excluding carboxylic acids is 3. The van der Waals surface area contributed by atoms with Gasteiger partial charge >= 0.3 is 5.97 Å². The summed E-state index contributed by atoms with van der Waals surface area (Å²) in [5, 5.41) is 17.6. The molecule has 0 saturated carbocycles. The van der Waals surface area contributed by atoms with Crippen LogP contribution >= 0.6 is 23.5 Å². The fraction of sp³-hybridized carbons (Fsp3) is 0.560. The predicted octanol–water partition coefficient (Wildman–Crippen LogP) is -0.345. The molecule has 0 spiro atoms. The van der Waals surface area contributed by atoms with Crippen LogP contribution in [0.25, 0.3) is 0 Å². The van der Waals surface area contributed by atoms with Gasteiger partial charge in [-0.2, -0.15) is 23.5 Å². The molecular weight excluding hydrogens is 542 g/mol. The third-order valence-electron chi connectivity index (χ3n) is 5.69. The summed E-state index contributed by atoms with van der Waals surface area (Å²) >= 11 is 3.08. The number of carboxylic acid groups (broad SMARTS) is 1. The third kappa shape index (κ3) is 14.1. The van der Waals surface area contributed by atoms with E-state index in [-0.39, 0.29) is 25.3 Å². The maximum Gasteiger partial charge on any atom is 0.326 e. The number of hydrogen-bond acceptors (Lipinski definition) is 8. The zero-order valence-corrected chi connectivity index (χ0v) is 24.1. The molecule has 0 bridgehead atoms. The lowest BCUT2D eigenvalue weighted by Crippen LogP contribution is -2.57. The standard InChI is InChI=1S/C25H41N7O5S2/c1-38-13-10-17(26)21(33)30-18(11-14-39-2)22(34)32-20(15-16-7-4-3-5-8-16)23(35)31-19(24(36)37)9-6-12-29-25(27)28/h3-5,7-8,17-20H,6,9-15,26H2,1-2H3,(H,30,33)(H,31,35)(H,32,34)(H,36,37)(H4,27,28,29). The zero-order chi connectivity index (χ0) is 29.2. The number of carboxylic acids is 1. The van der Waals surface area contributed by atoms with Gasteiger partial charge < -0.3 is 38.3 Å². The first-order valence-electron chi connectivity index (χ1n) is 12.6. The smallest absolute Gasteiger partial charge is 0.326 e. The van der Waals surface area contributed by atoms with Gasteiger partial charge in [-0.05, 0) is 55.3 Å². The molecule has 1 aromatic carbocycles. The number of aliphatic carboxylic acids is 1. The van der Waals surface area contributed by atoms with Gasteiger partial charge in [-0.1, -0.05) is 30.3 Å². The van der Waals surface area contributed by atoms with E-state index in [2.05, 4.69) is 20.9 Å². The minimum absolute atomic E-state index is 0.0875. The van der Waals surface area contributed by atoms with Gasteiger partial charge in [0.05, 0.1) is 6.04 Å². The molecule has 0 aliphatic carbocycles. The van der Waals surface area contributed by atoms with Crippen LogP contribution in [0.15, 0.2) is 35.3 Å². The first-order valence-corrected chi connectivity index (χ1v) is 15.3. The van der Waals surface area contributed by atoms with Crippen molar-refractivity contribution in [2.45, 2.75) is 56.3 Å². The van der Waals surface area contributed by atoms with Crippen LogP contribution in [0.2, 0.25) is 0 Å². The minimum Gasteiger partial charge on any atom is -0.480 e. The molecule has 0 aliphatic rings. The summed E-state index contributed by atoms with van der Waals surface area (Å²) in [6.07, 6.45) is 5.12. The van der Waals surface area contributed by atoms with Crippen LogP contribution in [0.3, 0.4) is 0 Å². The molecular formula is C25H41N7O5S2. The topological polar surface area (TPSA) is 215 Å². The normalized spacial score (nSPS) is 13.8. The van der Waals surface area contributed by atoms with Gasteiger partial charge in [0.2, 0.25) is 17.7 Å². The van der Waals surface area contributed by atoms with Crippen LogP contribution < -0.4 is 33.2 Å². The Labute approximate surface area is 238 Å². The maximum absolute atomic E-state index is 13.3. The molecule has 0 saturated heterocycles. The third-order valence-corrected chi connectivity index (χ3v) is 6.98. The molecule has 0 heterocycles. The fourth-order valence-electron chi connectivity index (χ4n) is 3.52. The largest absolute Gasteiger partial charge is 0.480 e. The highest BCUT2D eigenvalue weighted by atomic mass is 32.2. The monoisotopic (exact) mass is 583 g/mol. The highest BCUT2D eigenvalue weighted by molar-refractivity contribution is 7.98. The Morgan fingerprint density at radius 2 is 1.41 bits per heavy atom. The van der Waals surface area contributed by atoms with Gasteiger partial charge in [0.15, 0.2) is 5.96 Å². The number of carbonyl (C=O) groups is 4. The number of nitrogens with two attached hydrogens (primary N) is 3. The van der Waals surface area contributed by atoms with Crippen molar-refractivity contribution in [1.29, 1.82) is 0 Å². The highest BCUT2D eigenvalue weighted by Gasteiger charge is 2.30. The Balaban J connectivity index is 3.05. The SMILES string of the molecule is CSCCC(N)C(=O)NC(CCSC)C(=O)NC(Cc1ccccc1)C(=O)NC(CCCN=C(N)N)C(=O)O. The first kappa shape index (κ1) is 34.1. The summed E-state index contributed by atoms with van der Waals surface area (Å²) in [6, 6.07) is 5.05. The Bertz CT molecular complexity index is 948. The van der Waals surface area contributed by atoms with Crippen molar-refractivity contribution in [3.63, 3.8) is 0 Å². The van der Waals surface area contributed by atoms with E-state index >= 15 is 0 Å². The van der Waals surface area contributed by atoms with Crippen LogP contribution in [-0.2, 0) is 25.6 Å². The van der Waals surface area contributed by atoms with Crippen molar-refractivity contribution in [3.8, 4) is 0 Å². The summed E-state index contributed by atoms with van der Waals surface area (Å²) in [4.78, 5) is 54.8. The molecule has 4 unspecified atom stereocenters. The number of guanidine groups is 1. The summed E-state index contributed by atoms with van der Waals surface area (Å²) < 4.78 is 0. The van der Waals surface area contributed by atoms with E-state index < -0.39 is 47.9 Å². The summed E-state index contributed by atoms with van der Waals surface area (Å²) in [6.45, 7) is 0.210. The van der Waals surface area contributed by atoms with Crippen LogP contribution in [0, 0.1) is 0 Å². The van der Waals surface area contributed by atoms with Crippen molar-refractivity contribution in [2.24, 2.45) is 22.2 Å². The maximum atomic E-state index is 13.3. The second kappa shape index (κ2) is 19.1. The number of aliphatic imine (C=N–C) groups is 1. The summed E-state index contributed by atoms with van der Waals surface area (Å²) in [7, 11) is 0. The number of rotatable bonds is 19. The van der Waals surface area contributed by atoms with Crippen LogP contribution in [0.4, 0.5) is 0 Å². The molecule has 1 aromatic rings. The molecule has 0 radical (unpaired) electrons. The molecule has 0 aliphatic heterocycles. The van der Waals surface area contributed by atoms with E-state index in [1.807, 2.05) is 18.6 Å². The Morgan fingerprint density at radius 3 is 2.00 bits per heavy atom. The second-order valence-corrected chi connectivity index (χ2v) is 10.8. The van der Waals surface area contributed by atoms with E-state index in [1.165, 1.54) is 11.8 Å². The number of amides is 3. The van der Waals surface area contributed by atoms with Crippen LogP contribution in [0.1, 0.15) is 31.2 Å². The van der Waals surface area contributed by atoms with Gasteiger partial charge in [0.25, 0.3) is 0 Å². The van der Waals surface area contributed by atoms with E-state index in [1.54, 1.807) is 36.0 Å². The number of thioether (sulfide) groups is 2. The Hall–Kier alpha value is -2.97. The molecule has 4 atom stereocenters. The van der Waals surface area contributed by atoms with Gasteiger partial charge in [-0.3, -0.25) is 19.4 Å². The molecule has 1 rings (SSSR count). The van der Waals surface area contributed by atoms with Gasteiger partial charge in [-0.25, -0.2) is 4.79 Å². The average Bonchev–Trinajstić information content (AvgIpc) is 2.90. The Kier molecular flexibility index (Phi) is 16.7. The molecule has 12 nitrogen and oxygen atoms in total.